The molecule has 0 unspecified atom stereocenters. The van der Waals surface area contributed by atoms with E-state index in [0.29, 0.717) is 0 Å². The van der Waals surface area contributed by atoms with Gasteiger partial charge in [0, 0.05) is 29.7 Å². The number of aromatic nitrogens is 3. The Morgan fingerprint density at radius 2 is 1.03 bits per heavy atom. The predicted octanol–water partition coefficient (Wildman–Crippen LogP) is 14.8. The van der Waals surface area contributed by atoms with Crippen molar-refractivity contribution in [1.29, 1.82) is 0 Å². The maximum absolute atomic E-state index is 5.12. The van der Waals surface area contributed by atoms with Gasteiger partial charge in [-0.1, -0.05) is 142 Å². The molecule has 1 aliphatic carbocycles. The first-order valence-corrected chi connectivity index (χ1v) is 21.8. The molecule has 0 N–H and O–H groups in total. The van der Waals surface area contributed by atoms with Gasteiger partial charge in [0.25, 0.3) is 0 Å². The summed E-state index contributed by atoms with van der Waals surface area (Å²) < 4.78 is 2.31. The molecule has 0 aliphatic heterocycles. The van der Waals surface area contributed by atoms with E-state index in [-0.39, 0.29) is 32.9 Å². The molecule has 63 heavy (non-hydrogen) atoms. The molecule has 4 heteroatoms. The van der Waals surface area contributed by atoms with Crippen LogP contribution in [0.3, 0.4) is 0 Å². The van der Waals surface area contributed by atoms with Crippen LogP contribution in [-0.4, -0.2) is 14.5 Å². The third kappa shape index (κ3) is 7.23. The van der Waals surface area contributed by atoms with Crippen molar-refractivity contribution in [3.63, 3.8) is 0 Å². The van der Waals surface area contributed by atoms with E-state index in [0.717, 1.165) is 33.8 Å². The Kier molecular flexibility index (Phi) is 11.3. The molecule has 0 bridgehead atoms. The third-order valence-corrected chi connectivity index (χ3v) is 12.9. The largest absolute Gasteiger partial charge is 2.00 e. The minimum absolute atomic E-state index is 0. The van der Waals surface area contributed by atoms with Crippen LogP contribution >= 0.6 is 0 Å². The van der Waals surface area contributed by atoms with Crippen molar-refractivity contribution in [2.75, 3.05) is 0 Å². The quantitative estimate of drug-likeness (QED) is 0.135. The fraction of sp³-hybridized carbons (Fsp3) is 0.153. The number of benzene rings is 7. The smallest absolute Gasteiger partial charge is 0.340 e. The first kappa shape index (κ1) is 41.9. The Hall–Kier alpha value is -6.41. The molecule has 3 nitrogen and oxygen atoms in total. The van der Waals surface area contributed by atoms with Crippen molar-refractivity contribution in [1.82, 2.24) is 14.5 Å². The van der Waals surface area contributed by atoms with Gasteiger partial charge >= 0.3 is 21.1 Å². The summed E-state index contributed by atoms with van der Waals surface area (Å²) in [6, 6.07) is 65.3. The second-order valence-corrected chi connectivity index (χ2v) is 17.3. The summed E-state index contributed by atoms with van der Waals surface area (Å²) in [4.78, 5) is 9.99. The number of pyridine rings is 1. The first-order valence-electron chi connectivity index (χ1n) is 21.8. The molecule has 0 atom stereocenters. The molecule has 2 heterocycles. The van der Waals surface area contributed by atoms with E-state index < -0.39 is 5.41 Å². The van der Waals surface area contributed by atoms with E-state index in [1.165, 1.54) is 72.4 Å². The molecule has 2 aromatic heterocycles. The zero-order valence-corrected chi connectivity index (χ0v) is 38.8. The van der Waals surface area contributed by atoms with E-state index >= 15 is 0 Å². The second kappa shape index (κ2) is 17.0. The average Bonchev–Trinajstić information content (AvgIpc) is 3.92. The van der Waals surface area contributed by atoms with Gasteiger partial charge in [-0.2, -0.15) is 0 Å². The van der Waals surface area contributed by atoms with E-state index in [4.69, 9.17) is 9.97 Å². The van der Waals surface area contributed by atoms with Crippen molar-refractivity contribution < 1.29 is 21.1 Å². The van der Waals surface area contributed by atoms with Gasteiger partial charge in [0.2, 0.25) is 0 Å². The van der Waals surface area contributed by atoms with Crippen LogP contribution in [0.2, 0.25) is 0 Å². The van der Waals surface area contributed by atoms with Gasteiger partial charge < -0.3 is 9.55 Å². The van der Waals surface area contributed by atoms with Gasteiger partial charge in [0.1, 0.15) is 0 Å². The summed E-state index contributed by atoms with van der Waals surface area (Å²) in [5, 5.41) is 0. The van der Waals surface area contributed by atoms with Crippen LogP contribution in [0.25, 0.3) is 61.7 Å². The van der Waals surface area contributed by atoms with Crippen molar-refractivity contribution in [2.45, 2.75) is 58.8 Å². The minimum atomic E-state index is -0.694. The maximum Gasteiger partial charge on any atom is 2.00 e. The van der Waals surface area contributed by atoms with Crippen LogP contribution < -0.4 is 0 Å². The Morgan fingerprint density at radius 3 is 1.62 bits per heavy atom. The van der Waals surface area contributed by atoms with E-state index in [1.54, 1.807) is 0 Å². The molecular formula is C59H49N3Pt. The Morgan fingerprint density at radius 1 is 0.508 bits per heavy atom. The van der Waals surface area contributed by atoms with E-state index in [9.17, 15) is 0 Å². The molecule has 9 aromatic rings. The van der Waals surface area contributed by atoms with Gasteiger partial charge in [-0.25, -0.2) is 0 Å². The molecular weight excluding hydrogens is 946 g/mol. The number of hydrogen-bond acceptors (Lipinski definition) is 2. The first-order chi connectivity index (χ1) is 30.2. The SMILES string of the molecule is Cc1cnc(-c2[c-]c(C3(c4[c-]c(-c5nccn5-c5c(C(C)C)cc(-c6ccc(-c7ccccc7)cc6)cc5C(C)C)ccc4)c4ccccc4-c4ccccc43)ccc2)cc1C.[Pt+2]. The summed E-state index contributed by atoms with van der Waals surface area (Å²) in [6.07, 6.45) is 6.03. The van der Waals surface area contributed by atoms with E-state index in [1.807, 2.05) is 12.4 Å². The van der Waals surface area contributed by atoms with Crippen LogP contribution in [0, 0.1) is 26.0 Å². The number of nitrogens with zero attached hydrogens (tertiary/aromatic N) is 3. The van der Waals surface area contributed by atoms with Gasteiger partial charge in [-0.05, 0) is 105 Å². The Labute approximate surface area is 386 Å². The summed E-state index contributed by atoms with van der Waals surface area (Å²) in [5.74, 6) is 1.39. The van der Waals surface area contributed by atoms with Gasteiger partial charge in [-0.3, -0.25) is 4.98 Å². The molecule has 0 saturated carbocycles. The number of imidazole rings is 1. The second-order valence-electron chi connectivity index (χ2n) is 17.3. The molecule has 0 radical (unpaired) electrons. The zero-order valence-electron chi connectivity index (χ0n) is 36.6. The van der Waals surface area contributed by atoms with Gasteiger partial charge in [0.05, 0.1) is 5.82 Å². The van der Waals surface area contributed by atoms with Crippen molar-refractivity contribution in [2.24, 2.45) is 0 Å². The Bertz CT molecular complexity index is 3030. The summed E-state index contributed by atoms with van der Waals surface area (Å²) >= 11 is 0. The van der Waals surface area contributed by atoms with Crippen molar-refractivity contribution in [3.8, 4) is 61.7 Å². The molecule has 0 amide bonds. The molecule has 0 fully saturated rings. The molecule has 0 spiro atoms. The topological polar surface area (TPSA) is 30.7 Å². The van der Waals surface area contributed by atoms with Crippen LogP contribution in [-0.2, 0) is 26.5 Å². The van der Waals surface area contributed by atoms with Crippen LogP contribution in [0.5, 0.6) is 0 Å². The number of hydrogen-bond donors (Lipinski definition) is 0. The average molecular weight is 995 g/mol. The van der Waals surface area contributed by atoms with Crippen molar-refractivity contribution in [3.05, 3.63) is 233 Å². The summed E-state index contributed by atoms with van der Waals surface area (Å²) in [5.41, 5.74) is 20.2. The third-order valence-electron chi connectivity index (χ3n) is 12.9. The number of aryl methyl sites for hydroxylation is 2. The normalized spacial score (nSPS) is 12.6. The summed E-state index contributed by atoms with van der Waals surface area (Å²) in [6.45, 7) is 13.4. The summed E-state index contributed by atoms with van der Waals surface area (Å²) in [7, 11) is 0. The predicted molar refractivity (Wildman–Crippen MR) is 256 cm³/mol. The standard InChI is InChI=1S/C59H49N3.Pt/c1-38(2)52-35-47(44-28-26-43(27-29-44)42-16-8-7-9-17-42)36-53(39(3)4)57(52)62-31-30-60-58(62)46-19-15-21-49(34-46)59(54-24-12-10-22-50(54)51-23-11-13-25-55(51)59)48-20-14-18-45(33-48)56-32-40(5)41(6)37-61-56;/h7-32,35-39H,1-6H3;/q-2;+2. The minimum Gasteiger partial charge on any atom is -0.340 e. The maximum atomic E-state index is 5.12. The number of fused-ring (bicyclic) bond motifs is 3. The van der Waals surface area contributed by atoms with Crippen LogP contribution in [0.1, 0.15) is 84.0 Å². The van der Waals surface area contributed by atoms with E-state index in [2.05, 4.69) is 222 Å². The molecule has 310 valence electrons. The van der Waals surface area contributed by atoms with Crippen LogP contribution in [0.15, 0.2) is 176 Å². The fourth-order valence-corrected chi connectivity index (χ4v) is 9.56. The molecule has 1 aliphatic rings. The molecule has 0 saturated heterocycles. The monoisotopic (exact) mass is 994 g/mol. The fourth-order valence-electron chi connectivity index (χ4n) is 9.56. The van der Waals surface area contributed by atoms with Crippen LogP contribution in [0.4, 0.5) is 0 Å². The molecule has 10 rings (SSSR count). The Balaban J connectivity index is 0.00000504. The van der Waals surface area contributed by atoms with Crippen molar-refractivity contribution >= 4 is 0 Å². The van der Waals surface area contributed by atoms with Gasteiger partial charge in [0.15, 0.2) is 0 Å². The van der Waals surface area contributed by atoms with Gasteiger partial charge in [-0.15, -0.1) is 70.8 Å². The molecule has 7 aromatic carbocycles. The zero-order chi connectivity index (χ0) is 42.5. The number of rotatable bonds is 9.